The lowest BCUT2D eigenvalue weighted by atomic mass is 9.82. The van der Waals surface area contributed by atoms with E-state index in [0.717, 1.165) is 6.42 Å². The first-order valence-electron chi connectivity index (χ1n) is 4.20. The molecule has 66 valence electrons. The van der Waals surface area contributed by atoms with Crippen molar-refractivity contribution in [3.63, 3.8) is 0 Å². The highest BCUT2D eigenvalue weighted by Gasteiger charge is 2.23. The van der Waals surface area contributed by atoms with Gasteiger partial charge in [0, 0.05) is 13.0 Å². The number of hydrogen-bond acceptors (Lipinski definition) is 2. The van der Waals surface area contributed by atoms with Crippen LogP contribution >= 0.6 is 0 Å². The van der Waals surface area contributed by atoms with Crippen molar-refractivity contribution in [2.24, 2.45) is 11.8 Å². The molecule has 1 rings (SSSR count). The van der Waals surface area contributed by atoms with E-state index >= 15 is 0 Å². The van der Waals surface area contributed by atoms with Crippen molar-refractivity contribution in [1.29, 1.82) is 0 Å². The number of aliphatic hydroxyl groups excluding tert-OH is 1. The molecule has 0 spiro atoms. The average Bonchev–Trinajstić information content (AvgIpc) is 2.08. The summed E-state index contributed by atoms with van der Waals surface area (Å²) in [7, 11) is 0. The number of ketones is 1. The summed E-state index contributed by atoms with van der Waals surface area (Å²) < 4.78 is 0. The summed E-state index contributed by atoms with van der Waals surface area (Å²) in [4.78, 5) is 11.0. The molecule has 1 aliphatic rings. The maximum Gasteiger partial charge on any atom is 0.155 e. The molecule has 0 unspecified atom stereocenters. The van der Waals surface area contributed by atoms with Crippen LogP contribution < -0.4 is 0 Å². The lowest BCUT2D eigenvalue weighted by Gasteiger charge is -2.23. The molecule has 0 radical (unpaired) electrons. The standard InChI is InChI=1S/C10H14O2/c1-2-3-8-4-5-10(12)6-9(8)7-11/h2,4-5,8-9,11H,1,3,6-7H2/t8-,9+/m1/s1. The van der Waals surface area contributed by atoms with Crippen molar-refractivity contribution in [1.82, 2.24) is 0 Å². The fraction of sp³-hybridized carbons (Fsp3) is 0.500. The number of aliphatic hydroxyl groups is 1. The summed E-state index contributed by atoms with van der Waals surface area (Å²) in [5, 5.41) is 8.99. The van der Waals surface area contributed by atoms with Crippen LogP contribution in [0.1, 0.15) is 12.8 Å². The van der Waals surface area contributed by atoms with E-state index < -0.39 is 0 Å². The van der Waals surface area contributed by atoms with Gasteiger partial charge in [-0.1, -0.05) is 12.2 Å². The fourth-order valence-corrected chi connectivity index (χ4v) is 1.53. The van der Waals surface area contributed by atoms with Gasteiger partial charge in [-0.2, -0.15) is 0 Å². The molecule has 0 aromatic rings. The molecule has 2 atom stereocenters. The zero-order valence-electron chi connectivity index (χ0n) is 7.07. The summed E-state index contributed by atoms with van der Waals surface area (Å²) in [6.07, 6.45) is 6.64. The van der Waals surface area contributed by atoms with E-state index in [1.165, 1.54) is 0 Å². The number of allylic oxidation sites excluding steroid dienone is 3. The average molecular weight is 166 g/mol. The molecule has 2 nitrogen and oxygen atoms in total. The molecule has 0 aromatic heterocycles. The van der Waals surface area contributed by atoms with Gasteiger partial charge >= 0.3 is 0 Å². The Morgan fingerprint density at radius 2 is 2.50 bits per heavy atom. The topological polar surface area (TPSA) is 37.3 Å². The van der Waals surface area contributed by atoms with Gasteiger partial charge in [-0.25, -0.2) is 0 Å². The Hall–Kier alpha value is -0.890. The van der Waals surface area contributed by atoms with Crippen molar-refractivity contribution >= 4 is 5.78 Å². The molecular weight excluding hydrogens is 152 g/mol. The maximum absolute atomic E-state index is 11.0. The predicted octanol–water partition coefficient (Wildman–Crippen LogP) is 1.32. The van der Waals surface area contributed by atoms with E-state index in [2.05, 4.69) is 6.58 Å². The molecule has 12 heavy (non-hydrogen) atoms. The van der Waals surface area contributed by atoms with Crippen LogP contribution in [0.2, 0.25) is 0 Å². The normalized spacial score (nSPS) is 28.9. The third-order valence-corrected chi connectivity index (χ3v) is 2.27. The van der Waals surface area contributed by atoms with Gasteiger partial charge in [-0.05, 0) is 24.3 Å². The van der Waals surface area contributed by atoms with E-state index in [4.69, 9.17) is 5.11 Å². The first kappa shape index (κ1) is 9.20. The summed E-state index contributed by atoms with van der Waals surface area (Å²) in [6, 6.07) is 0. The fourth-order valence-electron chi connectivity index (χ4n) is 1.53. The molecule has 1 aliphatic carbocycles. The molecule has 0 fully saturated rings. The Balaban J connectivity index is 2.63. The molecular formula is C10H14O2. The highest BCUT2D eigenvalue weighted by Crippen LogP contribution is 2.25. The number of rotatable bonds is 3. The Bertz CT molecular complexity index is 206. The molecule has 0 saturated carbocycles. The van der Waals surface area contributed by atoms with Gasteiger partial charge in [-0.3, -0.25) is 4.79 Å². The van der Waals surface area contributed by atoms with E-state index in [1.54, 1.807) is 6.08 Å². The largest absolute Gasteiger partial charge is 0.396 e. The maximum atomic E-state index is 11.0. The van der Waals surface area contributed by atoms with Crippen LogP contribution in [0.25, 0.3) is 0 Å². The third-order valence-electron chi connectivity index (χ3n) is 2.27. The van der Waals surface area contributed by atoms with Crippen LogP contribution in [0.3, 0.4) is 0 Å². The van der Waals surface area contributed by atoms with E-state index in [-0.39, 0.29) is 18.3 Å². The van der Waals surface area contributed by atoms with Crippen LogP contribution in [0.4, 0.5) is 0 Å². The van der Waals surface area contributed by atoms with Crippen LogP contribution in [-0.4, -0.2) is 17.5 Å². The summed E-state index contributed by atoms with van der Waals surface area (Å²) in [5.41, 5.74) is 0. The lowest BCUT2D eigenvalue weighted by molar-refractivity contribution is -0.116. The predicted molar refractivity (Wildman–Crippen MR) is 47.6 cm³/mol. The number of hydrogen-bond donors (Lipinski definition) is 1. The zero-order chi connectivity index (χ0) is 8.97. The smallest absolute Gasteiger partial charge is 0.155 e. The van der Waals surface area contributed by atoms with Gasteiger partial charge in [0.2, 0.25) is 0 Å². The second-order valence-electron chi connectivity index (χ2n) is 3.16. The van der Waals surface area contributed by atoms with Gasteiger partial charge in [0.25, 0.3) is 0 Å². The lowest BCUT2D eigenvalue weighted by Crippen LogP contribution is -2.23. The van der Waals surface area contributed by atoms with Crippen LogP contribution in [0.5, 0.6) is 0 Å². The van der Waals surface area contributed by atoms with Gasteiger partial charge in [-0.15, -0.1) is 6.58 Å². The Morgan fingerprint density at radius 3 is 3.08 bits per heavy atom. The molecule has 0 aromatic carbocycles. The summed E-state index contributed by atoms with van der Waals surface area (Å²) in [5.74, 6) is 0.514. The first-order chi connectivity index (χ1) is 5.77. The van der Waals surface area contributed by atoms with E-state index in [0.29, 0.717) is 12.3 Å². The van der Waals surface area contributed by atoms with E-state index in [1.807, 2.05) is 12.2 Å². The highest BCUT2D eigenvalue weighted by atomic mass is 16.3. The molecule has 0 heterocycles. The monoisotopic (exact) mass is 166 g/mol. The second kappa shape index (κ2) is 4.21. The third kappa shape index (κ3) is 2.05. The Kier molecular flexibility index (Phi) is 3.23. The minimum Gasteiger partial charge on any atom is -0.396 e. The van der Waals surface area contributed by atoms with Crippen molar-refractivity contribution in [2.75, 3.05) is 6.61 Å². The van der Waals surface area contributed by atoms with Crippen LogP contribution in [0, 0.1) is 11.8 Å². The number of carbonyl (C=O) groups excluding carboxylic acids is 1. The van der Waals surface area contributed by atoms with Gasteiger partial charge in [0.15, 0.2) is 5.78 Å². The minimum atomic E-state index is 0.0919. The van der Waals surface area contributed by atoms with Crippen molar-refractivity contribution in [3.8, 4) is 0 Å². The van der Waals surface area contributed by atoms with Crippen molar-refractivity contribution in [3.05, 3.63) is 24.8 Å². The zero-order valence-corrected chi connectivity index (χ0v) is 7.07. The van der Waals surface area contributed by atoms with Gasteiger partial charge < -0.3 is 5.11 Å². The number of carbonyl (C=O) groups is 1. The highest BCUT2D eigenvalue weighted by molar-refractivity contribution is 5.90. The van der Waals surface area contributed by atoms with Crippen molar-refractivity contribution in [2.45, 2.75) is 12.8 Å². The van der Waals surface area contributed by atoms with Gasteiger partial charge in [0.05, 0.1) is 0 Å². The van der Waals surface area contributed by atoms with Crippen molar-refractivity contribution < 1.29 is 9.90 Å². The summed E-state index contributed by atoms with van der Waals surface area (Å²) in [6.45, 7) is 3.73. The van der Waals surface area contributed by atoms with E-state index in [9.17, 15) is 4.79 Å². The van der Waals surface area contributed by atoms with Gasteiger partial charge in [0.1, 0.15) is 0 Å². The first-order valence-corrected chi connectivity index (χ1v) is 4.20. The molecule has 2 heteroatoms. The second-order valence-corrected chi connectivity index (χ2v) is 3.16. The molecule has 0 saturated heterocycles. The quantitative estimate of drug-likeness (QED) is 0.642. The molecule has 0 aliphatic heterocycles. The van der Waals surface area contributed by atoms with Crippen LogP contribution in [0.15, 0.2) is 24.8 Å². The molecule has 0 amide bonds. The molecule has 0 bridgehead atoms. The summed E-state index contributed by atoms with van der Waals surface area (Å²) >= 11 is 0. The minimum absolute atomic E-state index is 0.0919. The molecule has 1 N–H and O–H groups in total. The Labute approximate surface area is 72.6 Å². The van der Waals surface area contributed by atoms with Crippen LogP contribution in [-0.2, 0) is 4.79 Å². The SMILES string of the molecule is C=CC[C@@H]1C=CC(=O)C[C@H]1CO. The Morgan fingerprint density at radius 1 is 1.75 bits per heavy atom.